The fourth-order valence-electron chi connectivity index (χ4n) is 5.12. The Kier molecular flexibility index (Phi) is 6.66. The Morgan fingerprint density at radius 2 is 1.79 bits per heavy atom. The lowest BCUT2D eigenvalue weighted by atomic mass is 9.88. The average molecular weight is 450 g/mol. The van der Waals surface area contributed by atoms with E-state index in [1.807, 2.05) is 48.5 Å². The molecule has 0 N–H and O–H groups in total. The van der Waals surface area contributed by atoms with Gasteiger partial charge in [-0.05, 0) is 42.2 Å². The van der Waals surface area contributed by atoms with Gasteiger partial charge >= 0.3 is 0 Å². The van der Waals surface area contributed by atoms with E-state index in [2.05, 4.69) is 41.1 Å². The average Bonchev–Trinajstić information content (AvgIpc) is 2.90. The van der Waals surface area contributed by atoms with E-state index in [1.165, 1.54) is 30.4 Å². The molecular weight excluding hydrogens is 418 g/mol. The van der Waals surface area contributed by atoms with Crippen molar-refractivity contribution in [3.63, 3.8) is 0 Å². The number of hydrogen-bond donors (Lipinski definition) is 0. The van der Waals surface area contributed by atoms with E-state index in [-0.39, 0.29) is 11.9 Å². The molecule has 3 heterocycles. The summed E-state index contributed by atoms with van der Waals surface area (Å²) in [6.45, 7) is 2.97. The maximum atomic E-state index is 14.2. The van der Waals surface area contributed by atoms with Crippen molar-refractivity contribution in [3.8, 4) is 11.3 Å². The zero-order chi connectivity index (χ0) is 23.3. The third-order valence-electron chi connectivity index (χ3n) is 6.89. The lowest BCUT2D eigenvalue weighted by molar-refractivity contribution is 0.0649. The van der Waals surface area contributed by atoms with Crippen molar-refractivity contribution in [2.75, 3.05) is 6.54 Å². The number of rotatable bonds is 7. The number of unbranched alkanes of at least 4 members (excludes halogenated alkanes) is 3. The van der Waals surface area contributed by atoms with Crippen molar-refractivity contribution < 1.29 is 4.79 Å². The van der Waals surface area contributed by atoms with Crippen LogP contribution < -0.4 is 0 Å². The first kappa shape index (κ1) is 22.3. The van der Waals surface area contributed by atoms with E-state index in [0.717, 1.165) is 42.5 Å². The van der Waals surface area contributed by atoms with Gasteiger partial charge in [-0.15, -0.1) is 0 Å². The molecule has 0 fully saturated rings. The fourth-order valence-corrected chi connectivity index (χ4v) is 5.12. The zero-order valence-electron chi connectivity index (χ0n) is 19.8. The lowest BCUT2D eigenvalue weighted by Gasteiger charge is -2.38. The maximum absolute atomic E-state index is 14.2. The number of pyridine rings is 2. The molecule has 1 aliphatic rings. The molecular formula is C30H31N3O. The summed E-state index contributed by atoms with van der Waals surface area (Å²) in [6.07, 6.45) is 8.41. The van der Waals surface area contributed by atoms with Crippen molar-refractivity contribution in [2.45, 2.75) is 51.5 Å². The van der Waals surface area contributed by atoms with E-state index in [1.54, 1.807) is 6.20 Å². The van der Waals surface area contributed by atoms with Gasteiger partial charge in [-0.3, -0.25) is 4.79 Å². The van der Waals surface area contributed by atoms with E-state index in [9.17, 15) is 4.79 Å². The Bertz CT molecular complexity index is 1280. The minimum absolute atomic E-state index is 0.0765. The summed E-state index contributed by atoms with van der Waals surface area (Å²) in [7, 11) is 0. The summed E-state index contributed by atoms with van der Waals surface area (Å²) in [5.41, 5.74) is 5.76. The monoisotopic (exact) mass is 449 g/mol. The molecule has 4 heteroatoms. The van der Waals surface area contributed by atoms with Gasteiger partial charge in [0.25, 0.3) is 5.91 Å². The van der Waals surface area contributed by atoms with Crippen LogP contribution in [-0.2, 0) is 6.42 Å². The topological polar surface area (TPSA) is 46.1 Å². The van der Waals surface area contributed by atoms with Crippen LogP contribution in [0.4, 0.5) is 0 Å². The SMILES string of the molecule is CCCCCCC1c2ccccc2CCN1C(=O)c1cc(-c2ccccc2)nc2ncccc12. The standard InChI is InChI=1S/C30H31N3O/c1-2-3-4-8-17-28-24-15-10-9-12-22(24)18-20-33(28)30(34)26-21-27(23-13-6-5-7-14-23)32-29-25(26)16-11-19-31-29/h5-7,9-16,19,21,28H,2-4,8,17-18,20H2,1H3. The molecule has 0 saturated heterocycles. The Hall–Kier alpha value is -3.53. The van der Waals surface area contributed by atoms with Gasteiger partial charge in [0.05, 0.1) is 17.3 Å². The summed E-state index contributed by atoms with van der Waals surface area (Å²) in [6, 6.07) is 24.6. The van der Waals surface area contributed by atoms with Crippen LogP contribution in [0.2, 0.25) is 0 Å². The predicted molar refractivity (Wildman–Crippen MR) is 138 cm³/mol. The number of aromatic nitrogens is 2. The van der Waals surface area contributed by atoms with Gasteiger partial charge in [-0.1, -0.05) is 87.2 Å². The molecule has 0 radical (unpaired) electrons. The smallest absolute Gasteiger partial charge is 0.255 e. The van der Waals surface area contributed by atoms with Crippen LogP contribution in [0.5, 0.6) is 0 Å². The molecule has 1 unspecified atom stereocenters. The minimum atomic E-state index is 0.0765. The third kappa shape index (κ3) is 4.45. The Morgan fingerprint density at radius 1 is 0.971 bits per heavy atom. The Balaban J connectivity index is 1.55. The van der Waals surface area contributed by atoms with Crippen molar-refractivity contribution in [1.82, 2.24) is 14.9 Å². The van der Waals surface area contributed by atoms with E-state index >= 15 is 0 Å². The molecule has 1 aliphatic heterocycles. The normalized spacial score (nSPS) is 15.3. The van der Waals surface area contributed by atoms with Crippen LogP contribution in [-0.4, -0.2) is 27.3 Å². The molecule has 5 rings (SSSR count). The first-order chi connectivity index (χ1) is 16.8. The van der Waals surface area contributed by atoms with Crippen LogP contribution >= 0.6 is 0 Å². The predicted octanol–water partition coefficient (Wildman–Crippen LogP) is 7.01. The second-order valence-electron chi connectivity index (χ2n) is 9.11. The minimum Gasteiger partial charge on any atom is -0.331 e. The molecule has 2 aromatic heterocycles. The summed E-state index contributed by atoms with van der Waals surface area (Å²) < 4.78 is 0. The number of carbonyl (C=O) groups is 1. The maximum Gasteiger partial charge on any atom is 0.255 e. The number of benzene rings is 2. The first-order valence-electron chi connectivity index (χ1n) is 12.5. The van der Waals surface area contributed by atoms with Crippen LogP contribution in [0.1, 0.15) is 66.6 Å². The molecule has 1 amide bonds. The van der Waals surface area contributed by atoms with Gasteiger partial charge in [0.15, 0.2) is 5.65 Å². The lowest BCUT2D eigenvalue weighted by Crippen LogP contribution is -2.40. The highest BCUT2D eigenvalue weighted by atomic mass is 16.2. The van der Waals surface area contributed by atoms with Crippen LogP contribution in [0.3, 0.4) is 0 Å². The molecule has 2 aromatic carbocycles. The second kappa shape index (κ2) is 10.2. The summed E-state index contributed by atoms with van der Waals surface area (Å²) in [4.78, 5) is 25.6. The quantitative estimate of drug-likeness (QED) is 0.285. The highest BCUT2D eigenvalue weighted by Gasteiger charge is 2.32. The fraction of sp³-hybridized carbons (Fsp3) is 0.300. The number of amides is 1. The summed E-state index contributed by atoms with van der Waals surface area (Å²) in [5, 5.41) is 0.816. The molecule has 1 atom stereocenters. The Labute approximate surface area is 201 Å². The molecule has 0 spiro atoms. The van der Waals surface area contributed by atoms with Crippen molar-refractivity contribution in [3.05, 3.63) is 95.7 Å². The summed E-state index contributed by atoms with van der Waals surface area (Å²) >= 11 is 0. The van der Waals surface area contributed by atoms with Gasteiger partial charge in [0.1, 0.15) is 0 Å². The highest BCUT2D eigenvalue weighted by molar-refractivity contribution is 6.06. The van der Waals surface area contributed by atoms with Gasteiger partial charge in [-0.2, -0.15) is 0 Å². The van der Waals surface area contributed by atoms with Crippen LogP contribution in [0.15, 0.2) is 79.0 Å². The number of fused-ring (bicyclic) bond motifs is 2. The molecule has 0 aliphatic carbocycles. The molecule has 0 saturated carbocycles. The third-order valence-corrected chi connectivity index (χ3v) is 6.89. The molecule has 4 nitrogen and oxygen atoms in total. The van der Waals surface area contributed by atoms with Gasteiger partial charge in [0, 0.05) is 23.7 Å². The second-order valence-corrected chi connectivity index (χ2v) is 9.11. The number of hydrogen-bond acceptors (Lipinski definition) is 3. The van der Waals surface area contributed by atoms with E-state index in [0.29, 0.717) is 11.2 Å². The molecule has 0 bridgehead atoms. The number of carbonyl (C=O) groups excluding carboxylic acids is 1. The van der Waals surface area contributed by atoms with E-state index < -0.39 is 0 Å². The Morgan fingerprint density at radius 3 is 2.65 bits per heavy atom. The van der Waals surface area contributed by atoms with Crippen LogP contribution in [0.25, 0.3) is 22.3 Å². The summed E-state index contributed by atoms with van der Waals surface area (Å²) in [5.74, 6) is 0.0765. The van der Waals surface area contributed by atoms with Crippen LogP contribution in [0, 0.1) is 0 Å². The first-order valence-corrected chi connectivity index (χ1v) is 12.5. The molecule has 172 valence electrons. The van der Waals surface area contributed by atoms with Crippen molar-refractivity contribution >= 4 is 16.9 Å². The molecule has 34 heavy (non-hydrogen) atoms. The highest BCUT2D eigenvalue weighted by Crippen LogP contribution is 2.36. The van der Waals surface area contributed by atoms with Crippen molar-refractivity contribution in [2.24, 2.45) is 0 Å². The van der Waals surface area contributed by atoms with Gasteiger partial charge < -0.3 is 4.90 Å². The largest absolute Gasteiger partial charge is 0.331 e. The van der Waals surface area contributed by atoms with Gasteiger partial charge in [0.2, 0.25) is 0 Å². The molecule has 4 aromatic rings. The zero-order valence-corrected chi connectivity index (χ0v) is 19.8. The number of nitrogens with zero attached hydrogens (tertiary/aromatic N) is 3. The van der Waals surface area contributed by atoms with Crippen molar-refractivity contribution in [1.29, 1.82) is 0 Å². The van der Waals surface area contributed by atoms with Gasteiger partial charge in [-0.25, -0.2) is 9.97 Å². The van der Waals surface area contributed by atoms with E-state index in [4.69, 9.17) is 4.98 Å².